The van der Waals surface area contributed by atoms with Gasteiger partial charge in [-0.05, 0) is 72.4 Å². The number of hydrogen-bond donors (Lipinski definition) is 0. The quantitative estimate of drug-likeness (QED) is 0.0589. The fourth-order valence-electron chi connectivity index (χ4n) is 8.07. The SMILES string of the molecule is CP(C)C/C(=C(\B(c1ccccc1)c1ccccc1)c1ccccc1)c1ccc(/C(CP(C)C)=C(/B(c2ccccc2)c2ccccc2)c2ccccc2)cc1. The molecule has 0 saturated heterocycles. The highest BCUT2D eigenvalue weighted by Crippen LogP contribution is 2.41. The summed E-state index contributed by atoms with van der Waals surface area (Å²) in [5.41, 5.74) is 16.1. The van der Waals surface area contributed by atoms with Crippen LogP contribution in [0.2, 0.25) is 0 Å². The summed E-state index contributed by atoms with van der Waals surface area (Å²) in [6, 6.07) is 76.3. The van der Waals surface area contributed by atoms with Crippen LogP contribution >= 0.6 is 15.8 Å². The minimum absolute atomic E-state index is 0.0887. The third kappa shape index (κ3) is 9.51. The second-order valence-corrected chi connectivity index (χ2v) is 20.0. The van der Waals surface area contributed by atoms with Crippen molar-refractivity contribution in [3.8, 4) is 0 Å². The van der Waals surface area contributed by atoms with Gasteiger partial charge in [-0.25, -0.2) is 0 Å². The lowest BCUT2D eigenvalue weighted by atomic mass is 9.34. The van der Waals surface area contributed by atoms with Gasteiger partial charge >= 0.3 is 0 Å². The van der Waals surface area contributed by atoms with Gasteiger partial charge in [-0.3, -0.25) is 0 Å². The molecule has 0 amide bonds. The summed E-state index contributed by atoms with van der Waals surface area (Å²) >= 11 is 0. The van der Waals surface area contributed by atoms with Crippen molar-refractivity contribution in [3.05, 3.63) is 229 Å². The molecule has 0 saturated carbocycles. The maximum atomic E-state index is 2.43. The first kappa shape index (κ1) is 39.3. The van der Waals surface area contributed by atoms with E-state index in [-0.39, 0.29) is 29.3 Å². The molecule has 0 aliphatic carbocycles. The Balaban J connectivity index is 1.48. The van der Waals surface area contributed by atoms with E-state index < -0.39 is 0 Å². The number of benzene rings is 7. The Labute approximate surface area is 339 Å². The summed E-state index contributed by atoms with van der Waals surface area (Å²) in [5.74, 6) is 0. The first-order valence-electron chi connectivity index (χ1n) is 19.6. The Morgan fingerprint density at radius 3 is 0.768 bits per heavy atom. The molecule has 0 atom stereocenters. The van der Waals surface area contributed by atoms with Crippen molar-refractivity contribution < 1.29 is 0 Å². The van der Waals surface area contributed by atoms with Crippen LogP contribution in [0.15, 0.2) is 206 Å². The average Bonchev–Trinajstić information content (AvgIpc) is 3.25. The lowest BCUT2D eigenvalue weighted by Gasteiger charge is -2.26. The molecule has 0 radical (unpaired) electrons. The summed E-state index contributed by atoms with van der Waals surface area (Å²) in [7, 11) is -0.492. The van der Waals surface area contributed by atoms with Crippen molar-refractivity contribution in [1.29, 1.82) is 0 Å². The molecular formula is C52H50B2P2. The van der Waals surface area contributed by atoms with E-state index in [1.54, 1.807) is 0 Å². The summed E-state index contributed by atoms with van der Waals surface area (Å²) < 4.78 is 0. The van der Waals surface area contributed by atoms with Gasteiger partial charge in [-0.15, -0.1) is 15.8 Å². The second-order valence-electron chi connectivity index (χ2n) is 15.1. The maximum absolute atomic E-state index is 2.43. The molecule has 0 aromatic heterocycles. The average molecular weight is 759 g/mol. The highest BCUT2D eigenvalue weighted by molar-refractivity contribution is 7.56. The van der Waals surface area contributed by atoms with Crippen LogP contribution in [-0.2, 0) is 0 Å². The Morgan fingerprint density at radius 2 is 0.536 bits per heavy atom. The molecule has 0 aliphatic heterocycles. The van der Waals surface area contributed by atoms with Crippen molar-refractivity contribution in [2.75, 3.05) is 39.0 Å². The van der Waals surface area contributed by atoms with Crippen molar-refractivity contribution in [3.63, 3.8) is 0 Å². The van der Waals surface area contributed by atoms with Crippen molar-refractivity contribution in [2.24, 2.45) is 0 Å². The number of allylic oxidation sites excluding steroid dienone is 2. The van der Waals surface area contributed by atoms with Crippen LogP contribution in [0.25, 0.3) is 22.1 Å². The zero-order chi connectivity index (χ0) is 38.7. The lowest BCUT2D eigenvalue weighted by Crippen LogP contribution is -2.44. The highest BCUT2D eigenvalue weighted by atomic mass is 31.1. The van der Waals surface area contributed by atoms with Crippen molar-refractivity contribution in [2.45, 2.75) is 0 Å². The second kappa shape index (κ2) is 19.2. The minimum Gasteiger partial charge on any atom is -0.109 e. The highest BCUT2D eigenvalue weighted by Gasteiger charge is 2.30. The van der Waals surface area contributed by atoms with Gasteiger partial charge in [0, 0.05) is 0 Å². The Bertz CT molecular complexity index is 2070. The fourth-order valence-corrected chi connectivity index (χ4v) is 10.0. The van der Waals surface area contributed by atoms with Crippen LogP contribution in [0.4, 0.5) is 0 Å². The molecule has 0 aliphatic rings. The summed E-state index contributed by atoms with van der Waals surface area (Å²) in [6.45, 7) is 9.83. The van der Waals surface area contributed by atoms with Crippen LogP contribution in [0.5, 0.6) is 0 Å². The largest absolute Gasteiger partial charge is 0.242 e. The van der Waals surface area contributed by atoms with Gasteiger partial charge in [0.25, 0.3) is 0 Å². The molecule has 7 aromatic carbocycles. The van der Waals surface area contributed by atoms with Gasteiger partial charge in [0.15, 0.2) is 0 Å². The molecule has 0 nitrogen and oxygen atoms in total. The van der Waals surface area contributed by atoms with Gasteiger partial charge in [-0.1, -0.05) is 239 Å². The Hall–Kier alpha value is -4.99. The molecule has 274 valence electrons. The molecule has 0 heterocycles. The normalized spacial score (nSPS) is 12.2. The summed E-state index contributed by atoms with van der Waals surface area (Å²) in [5, 5.41) is 0. The van der Waals surface area contributed by atoms with Crippen LogP contribution in [0.3, 0.4) is 0 Å². The molecule has 0 bridgehead atoms. The predicted octanol–water partition coefficient (Wildman–Crippen LogP) is 10.7. The maximum Gasteiger partial charge on any atom is 0.242 e. The molecule has 7 aromatic rings. The van der Waals surface area contributed by atoms with Gasteiger partial charge in [-0.2, -0.15) is 0 Å². The van der Waals surface area contributed by atoms with E-state index in [0.29, 0.717) is 0 Å². The van der Waals surface area contributed by atoms with E-state index in [1.807, 2.05) is 0 Å². The molecule has 7 rings (SSSR count). The van der Waals surface area contributed by atoms with E-state index in [9.17, 15) is 0 Å². The molecule has 0 fully saturated rings. The van der Waals surface area contributed by atoms with Crippen LogP contribution < -0.4 is 21.9 Å². The molecular weight excluding hydrogens is 708 g/mol. The Morgan fingerprint density at radius 1 is 0.304 bits per heavy atom. The molecule has 4 heteroatoms. The van der Waals surface area contributed by atoms with Crippen LogP contribution in [0.1, 0.15) is 22.3 Å². The smallest absolute Gasteiger partial charge is 0.109 e. The first-order valence-corrected chi connectivity index (χ1v) is 24.5. The van der Waals surface area contributed by atoms with E-state index in [1.165, 1.54) is 66.2 Å². The molecule has 56 heavy (non-hydrogen) atoms. The van der Waals surface area contributed by atoms with Gasteiger partial charge in [0.05, 0.1) is 0 Å². The first-order chi connectivity index (χ1) is 27.5. The molecule has 0 N–H and O–H groups in total. The third-order valence-electron chi connectivity index (χ3n) is 10.5. The van der Waals surface area contributed by atoms with Crippen LogP contribution in [0, 0.1) is 0 Å². The summed E-state index contributed by atoms with van der Waals surface area (Å²) in [4.78, 5) is 0. The zero-order valence-electron chi connectivity index (χ0n) is 33.1. The molecule has 0 unspecified atom stereocenters. The van der Waals surface area contributed by atoms with Gasteiger partial charge < -0.3 is 0 Å². The van der Waals surface area contributed by atoms with Crippen molar-refractivity contribution >= 4 is 73.2 Å². The standard InChI is InChI=1S/C52H50B2P2/c1-55(2)39-49(51(43-23-11-5-12-24-43)53(45-27-15-7-16-28-45)46-29-17-8-18-30-46)41-35-37-42(38-36-41)50(40-56(3)4)52(44-25-13-6-14-26-44)54(47-31-19-9-20-32-47)48-33-21-10-22-34-48/h5-38H,39-40H2,1-4H3/b51-49+,52-50+. The zero-order valence-corrected chi connectivity index (χ0v) is 34.9. The molecule has 0 spiro atoms. The third-order valence-corrected chi connectivity index (χ3v) is 12.4. The monoisotopic (exact) mass is 758 g/mol. The summed E-state index contributed by atoms with van der Waals surface area (Å²) in [6.07, 6.45) is 2.07. The number of rotatable bonds is 14. The van der Waals surface area contributed by atoms with E-state index in [0.717, 1.165) is 12.3 Å². The van der Waals surface area contributed by atoms with Crippen LogP contribution in [-0.4, -0.2) is 52.4 Å². The van der Waals surface area contributed by atoms with E-state index in [4.69, 9.17) is 0 Å². The lowest BCUT2D eigenvalue weighted by molar-refractivity contribution is 1.51. The Kier molecular flexibility index (Phi) is 13.5. The van der Waals surface area contributed by atoms with Gasteiger partial charge in [0.1, 0.15) is 0 Å². The minimum atomic E-state index is -0.246. The van der Waals surface area contributed by atoms with Crippen molar-refractivity contribution in [1.82, 2.24) is 0 Å². The fraction of sp³-hybridized carbons (Fsp3) is 0.115. The van der Waals surface area contributed by atoms with Gasteiger partial charge in [0.2, 0.25) is 13.4 Å². The van der Waals surface area contributed by atoms with E-state index in [2.05, 4.69) is 233 Å². The topological polar surface area (TPSA) is 0 Å². The number of hydrogen-bond acceptors (Lipinski definition) is 0. The van der Waals surface area contributed by atoms with E-state index >= 15 is 0 Å². The predicted molar refractivity (Wildman–Crippen MR) is 256 cm³/mol.